The number of nitriles is 1. The van der Waals surface area contributed by atoms with E-state index in [1.165, 1.54) is 6.07 Å². The van der Waals surface area contributed by atoms with E-state index in [2.05, 4.69) is 14.7 Å². The summed E-state index contributed by atoms with van der Waals surface area (Å²) in [4.78, 5) is 8.26. The fraction of sp³-hybridized carbons (Fsp3) is 0.240. The van der Waals surface area contributed by atoms with Crippen LogP contribution in [0.25, 0.3) is 11.1 Å². The SMILES string of the molecule is C[C@H](N=C1NS(=O)(=O)[C@@H](c2ccc(-c3ccnc(C#N)c3)cc2)C(C)(C)O1)c1ccccc1F. The van der Waals surface area contributed by atoms with Gasteiger partial charge in [0.2, 0.25) is 10.0 Å². The molecule has 1 fully saturated rings. The molecule has 1 saturated heterocycles. The highest BCUT2D eigenvalue weighted by Crippen LogP contribution is 2.39. The Bertz CT molecular complexity index is 1400. The van der Waals surface area contributed by atoms with Crippen LogP contribution in [-0.2, 0) is 14.8 Å². The summed E-state index contributed by atoms with van der Waals surface area (Å²) < 4.78 is 49.0. The summed E-state index contributed by atoms with van der Waals surface area (Å²) in [6.07, 6.45) is 1.55. The fourth-order valence-electron chi connectivity index (χ4n) is 4.09. The van der Waals surface area contributed by atoms with E-state index < -0.39 is 32.7 Å². The van der Waals surface area contributed by atoms with Gasteiger partial charge in [-0.05, 0) is 55.7 Å². The monoisotopic (exact) mass is 478 g/mol. The molecule has 1 aliphatic rings. The largest absolute Gasteiger partial charge is 0.457 e. The van der Waals surface area contributed by atoms with E-state index in [0.717, 1.165) is 11.1 Å². The molecular formula is C25H23FN4O3S. The van der Waals surface area contributed by atoms with Crippen LogP contribution in [0.4, 0.5) is 4.39 Å². The van der Waals surface area contributed by atoms with E-state index in [9.17, 15) is 12.8 Å². The summed E-state index contributed by atoms with van der Waals surface area (Å²) in [7, 11) is -3.91. The van der Waals surface area contributed by atoms with Gasteiger partial charge in [0.05, 0.1) is 6.04 Å². The molecule has 0 amide bonds. The minimum absolute atomic E-state index is 0.172. The van der Waals surface area contributed by atoms with Gasteiger partial charge in [0.1, 0.15) is 28.4 Å². The second kappa shape index (κ2) is 8.88. The Labute approximate surface area is 198 Å². The molecule has 3 aromatic rings. The van der Waals surface area contributed by atoms with Gasteiger partial charge in [0.25, 0.3) is 6.02 Å². The standard InChI is InChI=1S/C25H23FN4O3S/c1-16(21-6-4-5-7-22(21)26)29-24-30-34(31,32)23(25(2,3)33-24)18-10-8-17(9-11-18)19-12-13-28-20(14-19)15-27/h4-14,16,23H,1-3H3,(H,29,30)/t16-,23-/m0/s1. The number of aromatic nitrogens is 1. The first-order valence-corrected chi connectivity index (χ1v) is 12.1. The smallest absolute Gasteiger partial charge is 0.299 e. The number of hydrogen-bond donors (Lipinski definition) is 1. The summed E-state index contributed by atoms with van der Waals surface area (Å²) in [5.74, 6) is -0.425. The Hall–Kier alpha value is -3.77. The van der Waals surface area contributed by atoms with Gasteiger partial charge >= 0.3 is 0 Å². The predicted octanol–water partition coefficient (Wildman–Crippen LogP) is 4.65. The molecule has 2 aromatic carbocycles. The third-order valence-electron chi connectivity index (χ3n) is 5.62. The van der Waals surface area contributed by atoms with Crippen LogP contribution in [0.15, 0.2) is 71.9 Å². The Morgan fingerprint density at radius 1 is 1.15 bits per heavy atom. The van der Waals surface area contributed by atoms with Crippen LogP contribution in [0.3, 0.4) is 0 Å². The van der Waals surface area contributed by atoms with Gasteiger partial charge in [-0.15, -0.1) is 0 Å². The first kappa shape index (κ1) is 23.4. The number of hydrogen-bond acceptors (Lipinski definition) is 6. The lowest BCUT2D eigenvalue weighted by Gasteiger charge is -2.39. The van der Waals surface area contributed by atoms with Crippen LogP contribution in [0.5, 0.6) is 0 Å². The van der Waals surface area contributed by atoms with E-state index in [-0.39, 0.29) is 6.02 Å². The van der Waals surface area contributed by atoms with Gasteiger partial charge in [-0.25, -0.2) is 27.5 Å². The van der Waals surface area contributed by atoms with Crippen molar-refractivity contribution in [2.24, 2.45) is 4.99 Å². The van der Waals surface area contributed by atoms with Crippen molar-refractivity contribution < 1.29 is 17.5 Å². The number of nitrogens with one attached hydrogen (secondary N) is 1. The van der Waals surface area contributed by atoms with Gasteiger partial charge in [0, 0.05) is 11.8 Å². The number of aliphatic imine (C=N–C) groups is 1. The van der Waals surface area contributed by atoms with E-state index in [0.29, 0.717) is 16.8 Å². The number of rotatable bonds is 4. The molecule has 0 bridgehead atoms. The molecular weight excluding hydrogens is 455 g/mol. The molecule has 9 heteroatoms. The van der Waals surface area contributed by atoms with Crippen molar-refractivity contribution in [3.8, 4) is 17.2 Å². The van der Waals surface area contributed by atoms with Crippen LogP contribution in [-0.4, -0.2) is 25.0 Å². The zero-order valence-corrected chi connectivity index (χ0v) is 19.7. The second-order valence-corrected chi connectivity index (χ2v) is 10.3. The fourth-order valence-corrected chi connectivity index (χ4v) is 5.86. The van der Waals surface area contributed by atoms with Crippen LogP contribution >= 0.6 is 0 Å². The van der Waals surface area contributed by atoms with Gasteiger partial charge in [-0.1, -0.05) is 42.5 Å². The molecule has 1 aromatic heterocycles. The Balaban J connectivity index is 1.62. The first-order chi connectivity index (χ1) is 16.1. The van der Waals surface area contributed by atoms with Crippen LogP contribution < -0.4 is 4.72 Å². The maximum absolute atomic E-state index is 14.1. The molecule has 0 spiro atoms. The van der Waals surface area contributed by atoms with E-state index in [1.807, 2.05) is 6.07 Å². The second-order valence-electron chi connectivity index (χ2n) is 8.53. The number of halogens is 1. The molecule has 0 saturated carbocycles. The lowest BCUT2D eigenvalue weighted by atomic mass is 9.95. The molecule has 1 aliphatic heterocycles. The normalized spacial score (nSPS) is 20.6. The molecule has 4 rings (SSSR count). The van der Waals surface area contributed by atoms with Crippen molar-refractivity contribution in [2.45, 2.75) is 37.7 Å². The van der Waals surface area contributed by atoms with Crippen molar-refractivity contribution in [1.29, 1.82) is 5.26 Å². The Kier molecular flexibility index (Phi) is 6.11. The Morgan fingerprint density at radius 3 is 2.50 bits per heavy atom. The highest BCUT2D eigenvalue weighted by Gasteiger charge is 2.48. The van der Waals surface area contributed by atoms with Gasteiger partial charge in [0.15, 0.2) is 0 Å². The number of ether oxygens (including phenoxy) is 1. The maximum Gasteiger partial charge on any atom is 0.299 e. The molecule has 0 unspecified atom stereocenters. The predicted molar refractivity (Wildman–Crippen MR) is 127 cm³/mol. The number of sulfonamides is 1. The average Bonchev–Trinajstić information content (AvgIpc) is 2.78. The van der Waals surface area contributed by atoms with Crippen molar-refractivity contribution in [2.75, 3.05) is 0 Å². The van der Waals surface area contributed by atoms with Crippen LogP contribution in [0.2, 0.25) is 0 Å². The summed E-state index contributed by atoms with van der Waals surface area (Å²) in [6.45, 7) is 5.02. The lowest BCUT2D eigenvalue weighted by Crippen LogP contribution is -2.53. The molecule has 7 nitrogen and oxygen atoms in total. The number of nitrogens with zero attached hydrogens (tertiary/aromatic N) is 3. The summed E-state index contributed by atoms with van der Waals surface area (Å²) >= 11 is 0. The molecule has 0 aliphatic carbocycles. The first-order valence-electron chi connectivity index (χ1n) is 10.6. The van der Waals surface area contributed by atoms with Gasteiger partial charge < -0.3 is 4.74 Å². The lowest BCUT2D eigenvalue weighted by molar-refractivity contribution is 0.0761. The Morgan fingerprint density at radius 2 is 1.85 bits per heavy atom. The summed E-state index contributed by atoms with van der Waals surface area (Å²) in [5.41, 5.74) is 1.65. The number of benzene rings is 2. The average molecular weight is 479 g/mol. The maximum atomic E-state index is 14.1. The molecule has 2 heterocycles. The van der Waals surface area contributed by atoms with Crippen molar-refractivity contribution in [1.82, 2.24) is 9.71 Å². The molecule has 34 heavy (non-hydrogen) atoms. The third-order valence-corrected chi connectivity index (χ3v) is 7.54. The number of amidine groups is 1. The molecule has 2 atom stereocenters. The zero-order valence-electron chi connectivity index (χ0n) is 18.9. The van der Waals surface area contributed by atoms with E-state index in [1.54, 1.807) is 81.6 Å². The van der Waals surface area contributed by atoms with Crippen molar-refractivity contribution >= 4 is 16.0 Å². The minimum Gasteiger partial charge on any atom is -0.457 e. The molecule has 174 valence electrons. The van der Waals surface area contributed by atoms with Crippen LogP contribution in [0.1, 0.15) is 48.9 Å². The highest BCUT2D eigenvalue weighted by atomic mass is 32.2. The summed E-state index contributed by atoms with van der Waals surface area (Å²) in [5, 5.41) is 8.05. The van der Waals surface area contributed by atoms with Gasteiger partial charge in [-0.2, -0.15) is 5.26 Å². The zero-order chi connectivity index (χ0) is 24.5. The van der Waals surface area contributed by atoms with Crippen LogP contribution in [0, 0.1) is 17.1 Å². The highest BCUT2D eigenvalue weighted by molar-refractivity contribution is 7.90. The quantitative estimate of drug-likeness (QED) is 0.588. The van der Waals surface area contributed by atoms with Crippen molar-refractivity contribution in [3.05, 3.63) is 89.5 Å². The molecule has 1 N–H and O–H groups in total. The van der Waals surface area contributed by atoms with E-state index in [4.69, 9.17) is 10.00 Å². The van der Waals surface area contributed by atoms with Crippen molar-refractivity contribution in [3.63, 3.8) is 0 Å². The topological polar surface area (TPSA) is 104 Å². The minimum atomic E-state index is -3.91. The number of pyridine rings is 1. The third kappa shape index (κ3) is 4.63. The summed E-state index contributed by atoms with van der Waals surface area (Å²) in [6, 6.07) is 17.9. The van der Waals surface area contributed by atoms with Gasteiger partial charge in [-0.3, -0.25) is 0 Å². The molecule has 0 radical (unpaired) electrons. The van der Waals surface area contributed by atoms with E-state index >= 15 is 0 Å².